The highest BCUT2D eigenvalue weighted by Crippen LogP contribution is 2.49. The highest BCUT2D eigenvalue weighted by Gasteiger charge is 2.40. The number of carbonyl (C=O) groups is 1. The Hall–Kier alpha value is -2.17. The average molecular weight is 327 g/mol. The number of carbonyl (C=O) groups excluding carboxylic acids is 1. The van der Waals surface area contributed by atoms with Gasteiger partial charge >= 0.3 is 0 Å². The van der Waals surface area contributed by atoms with Crippen LogP contribution in [0.1, 0.15) is 37.7 Å². The average Bonchev–Trinajstić information content (AvgIpc) is 3.27. The Morgan fingerprint density at radius 3 is 2.88 bits per heavy atom. The fraction of sp³-hybridized carbons (Fsp3) is 0.474. The maximum Gasteiger partial charge on any atom is 0.225 e. The minimum atomic E-state index is -0.241. The molecule has 0 radical (unpaired) electrons. The molecule has 2 aliphatic rings. The first-order valence-electron chi connectivity index (χ1n) is 8.74. The monoisotopic (exact) mass is 327 g/mol. The summed E-state index contributed by atoms with van der Waals surface area (Å²) in [5, 5.41) is 7.21. The van der Waals surface area contributed by atoms with Crippen molar-refractivity contribution in [2.24, 2.45) is 17.8 Å². The van der Waals surface area contributed by atoms with Crippen molar-refractivity contribution >= 4 is 11.7 Å². The zero-order valence-electron chi connectivity index (χ0n) is 13.6. The summed E-state index contributed by atoms with van der Waals surface area (Å²) >= 11 is 0. The minimum Gasteiger partial charge on any atom is -0.309 e. The van der Waals surface area contributed by atoms with Gasteiger partial charge in [0, 0.05) is 24.2 Å². The molecule has 1 heterocycles. The van der Waals surface area contributed by atoms with Crippen molar-refractivity contribution in [2.45, 2.75) is 38.6 Å². The number of aromatic nitrogens is 2. The summed E-state index contributed by atoms with van der Waals surface area (Å²) in [5.41, 5.74) is 0.584. The lowest BCUT2D eigenvalue weighted by Gasteiger charge is -2.20. The first-order valence-corrected chi connectivity index (χ1v) is 8.74. The molecule has 1 N–H and O–H groups in total. The van der Waals surface area contributed by atoms with Crippen molar-refractivity contribution in [3.05, 3.63) is 47.9 Å². The molecule has 126 valence electrons. The van der Waals surface area contributed by atoms with Gasteiger partial charge in [0.15, 0.2) is 5.82 Å². The van der Waals surface area contributed by atoms with Crippen LogP contribution in [0, 0.1) is 23.6 Å². The Morgan fingerprint density at radius 2 is 2.12 bits per heavy atom. The molecule has 2 saturated carbocycles. The predicted octanol–water partition coefficient (Wildman–Crippen LogP) is 3.84. The molecule has 4 rings (SSSR count). The number of hydrogen-bond acceptors (Lipinski definition) is 2. The molecule has 0 saturated heterocycles. The normalized spacial score (nSPS) is 25.1. The van der Waals surface area contributed by atoms with Crippen molar-refractivity contribution < 1.29 is 9.18 Å². The third-order valence-corrected chi connectivity index (χ3v) is 5.53. The predicted molar refractivity (Wildman–Crippen MR) is 89.9 cm³/mol. The standard InChI is InChI=1S/C19H22FN3O/c20-17-4-2-1-3-15(17)12-23-8-7-18(22-23)21-19(24)11-16-10-13-5-6-14(16)9-13/h1-4,7-8,13-14,16H,5-6,9-12H2,(H,21,22,24). The van der Waals surface area contributed by atoms with E-state index in [1.54, 1.807) is 35.1 Å². The zero-order valence-corrected chi connectivity index (χ0v) is 13.6. The van der Waals surface area contributed by atoms with Crippen LogP contribution in [0.4, 0.5) is 10.2 Å². The summed E-state index contributed by atoms with van der Waals surface area (Å²) in [4.78, 5) is 12.2. The van der Waals surface area contributed by atoms with Crippen LogP contribution in [0.2, 0.25) is 0 Å². The molecule has 4 nitrogen and oxygen atoms in total. The number of rotatable bonds is 5. The van der Waals surface area contributed by atoms with Gasteiger partial charge in [0.05, 0.1) is 6.54 Å². The fourth-order valence-corrected chi connectivity index (χ4v) is 4.38. The van der Waals surface area contributed by atoms with Crippen LogP contribution in [0.15, 0.2) is 36.5 Å². The van der Waals surface area contributed by atoms with E-state index < -0.39 is 0 Å². The van der Waals surface area contributed by atoms with Crippen LogP contribution in [-0.2, 0) is 11.3 Å². The highest BCUT2D eigenvalue weighted by molar-refractivity contribution is 5.89. The number of hydrogen-bond donors (Lipinski definition) is 1. The molecule has 2 aliphatic carbocycles. The largest absolute Gasteiger partial charge is 0.309 e. The highest BCUT2D eigenvalue weighted by atomic mass is 19.1. The van der Waals surface area contributed by atoms with Gasteiger partial charge in [0.2, 0.25) is 5.91 Å². The van der Waals surface area contributed by atoms with Crippen LogP contribution in [-0.4, -0.2) is 15.7 Å². The number of anilines is 1. The molecule has 2 bridgehead atoms. The van der Waals surface area contributed by atoms with Crippen LogP contribution in [0.3, 0.4) is 0 Å². The summed E-state index contributed by atoms with van der Waals surface area (Å²) < 4.78 is 15.3. The van der Waals surface area contributed by atoms with Gasteiger partial charge in [-0.25, -0.2) is 4.39 Å². The second-order valence-electron chi connectivity index (χ2n) is 7.18. The number of amides is 1. The Balaban J connectivity index is 1.33. The number of benzene rings is 1. The van der Waals surface area contributed by atoms with E-state index in [-0.39, 0.29) is 11.7 Å². The molecule has 0 spiro atoms. The molecule has 5 heteroatoms. The van der Waals surface area contributed by atoms with Gasteiger partial charge in [-0.15, -0.1) is 0 Å². The van der Waals surface area contributed by atoms with E-state index in [1.807, 2.05) is 0 Å². The second-order valence-corrected chi connectivity index (χ2v) is 7.18. The van der Waals surface area contributed by atoms with E-state index in [0.29, 0.717) is 30.3 Å². The number of nitrogens with zero attached hydrogens (tertiary/aromatic N) is 2. The molecule has 0 aliphatic heterocycles. The zero-order chi connectivity index (χ0) is 16.5. The smallest absolute Gasteiger partial charge is 0.225 e. The van der Waals surface area contributed by atoms with Gasteiger partial charge in [0.1, 0.15) is 5.82 Å². The molecule has 1 amide bonds. The lowest BCUT2D eigenvalue weighted by Crippen LogP contribution is -2.20. The molecule has 3 atom stereocenters. The maximum absolute atomic E-state index is 13.7. The lowest BCUT2D eigenvalue weighted by molar-refractivity contribution is -0.117. The quantitative estimate of drug-likeness (QED) is 0.907. The van der Waals surface area contributed by atoms with E-state index in [9.17, 15) is 9.18 Å². The van der Waals surface area contributed by atoms with Crippen molar-refractivity contribution in [2.75, 3.05) is 5.32 Å². The Morgan fingerprint density at radius 1 is 1.25 bits per heavy atom. The first kappa shape index (κ1) is 15.4. The molecule has 3 unspecified atom stereocenters. The number of nitrogens with one attached hydrogen (secondary N) is 1. The SMILES string of the molecule is O=C(CC1CC2CCC1C2)Nc1ccn(Cc2ccccc2F)n1. The summed E-state index contributed by atoms with van der Waals surface area (Å²) in [6.07, 6.45) is 7.53. The van der Waals surface area contributed by atoms with Crippen LogP contribution < -0.4 is 5.32 Å². The number of fused-ring (bicyclic) bond motifs is 2. The third kappa shape index (κ3) is 3.21. The van der Waals surface area contributed by atoms with Crippen molar-refractivity contribution in [1.82, 2.24) is 9.78 Å². The van der Waals surface area contributed by atoms with E-state index in [4.69, 9.17) is 0 Å². The van der Waals surface area contributed by atoms with Crippen LogP contribution in [0.5, 0.6) is 0 Å². The Kier molecular flexibility index (Phi) is 4.08. The molecule has 1 aromatic heterocycles. The Bertz CT molecular complexity index is 742. The van der Waals surface area contributed by atoms with Gasteiger partial charge < -0.3 is 5.32 Å². The van der Waals surface area contributed by atoms with Gasteiger partial charge in [-0.3, -0.25) is 9.48 Å². The van der Waals surface area contributed by atoms with Crippen LogP contribution in [0.25, 0.3) is 0 Å². The first-order chi connectivity index (χ1) is 11.7. The third-order valence-electron chi connectivity index (χ3n) is 5.53. The topological polar surface area (TPSA) is 46.9 Å². The van der Waals surface area contributed by atoms with E-state index in [2.05, 4.69) is 10.4 Å². The van der Waals surface area contributed by atoms with Crippen molar-refractivity contribution in [1.29, 1.82) is 0 Å². The van der Waals surface area contributed by atoms with Crippen molar-refractivity contribution in [3.63, 3.8) is 0 Å². The van der Waals surface area contributed by atoms with Gasteiger partial charge in [-0.2, -0.15) is 5.10 Å². The maximum atomic E-state index is 13.7. The fourth-order valence-electron chi connectivity index (χ4n) is 4.38. The molecular weight excluding hydrogens is 305 g/mol. The minimum absolute atomic E-state index is 0.0451. The van der Waals surface area contributed by atoms with Gasteiger partial charge in [-0.1, -0.05) is 24.6 Å². The molecule has 2 aromatic rings. The van der Waals surface area contributed by atoms with E-state index in [0.717, 1.165) is 11.8 Å². The summed E-state index contributed by atoms with van der Waals surface area (Å²) in [6, 6.07) is 8.42. The van der Waals surface area contributed by atoms with E-state index in [1.165, 1.54) is 31.7 Å². The summed E-state index contributed by atoms with van der Waals surface area (Å²) in [5.74, 6) is 2.49. The number of halogens is 1. The molecule has 24 heavy (non-hydrogen) atoms. The summed E-state index contributed by atoms with van der Waals surface area (Å²) in [7, 11) is 0. The van der Waals surface area contributed by atoms with Crippen molar-refractivity contribution in [3.8, 4) is 0 Å². The second kappa shape index (κ2) is 6.38. The molecule has 2 fully saturated rings. The van der Waals surface area contributed by atoms with Crippen LogP contribution >= 0.6 is 0 Å². The van der Waals surface area contributed by atoms with Gasteiger partial charge in [-0.05, 0) is 43.1 Å². The molecular formula is C19H22FN3O. The van der Waals surface area contributed by atoms with E-state index >= 15 is 0 Å². The Labute approximate surface area is 141 Å². The lowest BCUT2D eigenvalue weighted by atomic mass is 9.86. The summed E-state index contributed by atoms with van der Waals surface area (Å²) in [6.45, 7) is 0.356. The molecule has 1 aromatic carbocycles. The van der Waals surface area contributed by atoms with Gasteiger partial charge in [0.25, 0.3) is 0 Å².